The largest absolute Gasteiger partial charge is 0.342 e. The summed E-state index contributed by atoms with van der Waals surface area (Å²) < 4.78 is 12.9. The van der Waals surface area contributed by atoms with E-state index in [9.17, 15) is 9.18 Å². The fraction of sp³-hybridized carbons (Fsp3) is 0.273. The number of benzene rings is 1. The Morgan fingerprint density at radius 1 is 1.50 bits per heavy atom. The van der Waals surface area contributed by atoms with Crippen molar-refractivity contribution in [2.24, 2.45) is 5.10 Å². The third-order valence-electron chi connectivity index (χ3n) is 2.23. The smallest absolute Gasteiger partial charge is 0.306 e. The summed E-state index contributed by atoms with van der Waals surface area (Å²) in [4.78, 5) is 11.7. The van der Waals surface area contributed by atoms with Gasteiger partial charge < -0.3 is 5.32 Å². The zero-order valence-electron chi connectivity index (χ0n) is 8.69. The zero-order valence-corrected chi connectivity index (χ0v) is 8.69. The van der Waals surface area contributed by atoms with Gasteiger partial charge in [0.25, 0.3) is 0 Å². The summed E-state index contributed by atoms with van der Waals surface area (Å²) >= 11 is 0. The molecule has 0 bridgehead atoms. The van der Waals surface area contributed by atoms with E-state index in [4.69, 9.17) is 0 Å². The van der Waals surface area contributed by atoms with E-state index in [0.29, 0.717) is 12.2 Å². The number of anilines is 1. The van der Waals surface area contributed by atoms with Crippen LogP contribution in [0.3, 0.4) is 0 Å². The van der Waals surface area contributed by atoms with Gasteiger partial charge in [-0.05, 0) is 31.0 Å². The van der Waals surface area contributed by atoms with E-state index in [2.05, 4.69) is 10.4 Å². The molecule has 0 fully saturated rings. The number of nitrogens with one attached hydrogen (secondary N) is 1. The Labute approximate surface area is 92.8 Å². The van der Waals surface area contributed by atoms with Crippen LogP contribution in [0.5, 0.6) is 0 Å². The van der Waals surface area contributed by atoms with Crippen LogP contribution in [0.25, 0.3) is 0 Å². The average molecular weight is 221 g/mol. The molecule has 0 saturated carbocycles. The average Bonchev–Trinajstić information content (AvgIpc) is 2.30. The highest BCUT2D eigenvalue weighted by molar-refractivity contribution is 5.89. The molecule has 1 N–H and O–H groups in total. The maximum Gasteiger partial charge on any atom is 0.342 e. The van der Waals surface area contributed by atoms with Crippen LogP contribution in [0.15, 0.2) is 29.4 Å². The molecule has 0 aromatic heterocycles. The van der Waals surface area contributed by atoms with Crippen LogP contribution in [0.4, 0.5) is 14.9 Å². The third kappa shape index (κ3) is 2.56. The summed E-state index contributed by atoms with van der Waals surface area (Å²) in [7, 11) is 0. The second kappa shape index (κ2) is 4.74. The Morgan fingerprint density at radius 2 is 2.38 bits per heavy atom. The van der Waals surface area contributed by atoms with Gasteiger partial charge in [-0.15, -0.1) is 0 Å². The maximum atomic E-state index is 12.9. The zero-order chi connectivity index (χ0) is 11.4. The molecule has 1 aliphatic heterocycles. The minimum Gasteiger partial charge on any atom is -0.306 e. The second-order valence-electron chi connectivity index (χ2n) is 3.50. The van der Waals surface area contributed by atoms with E-state index in [0.717, 1.165) is 12.8 Å². The molecule has 16 heavy (non-hydrogen) atoms. The maximum absolute atomic E-state index is 12.9. The van der Waals surface area contributed by atoms with Crippen molar-refractivity contribution in [2.75, 3.05) is 11.9 Å². The van der Waals surface area contributed by atoms with Crippen molar-refractivity contribution >= 4 is 17.9 Å². The highest BCUT2D eigenvalue weighted by atomic mass is 19.1. The third-order valence-corrected chi connectivity index (χ3v) is 2.23. The van der Waals surface area contributed by atoms with Crippen LogP contribution in [0.2, 0.25) is 0 Å². The number of urea groups is 1. The molecule has 5 heteroatoms. The lowest BCUT2D eigenvalue weighted by Gasteiger charge is -2.20. The monoisotopic (exact) mass is 221 g/mol. The van der Waals surface area contributed by atoms with Gasteiger partial charge in [-0.25, -0.2) is 14.2 Å². The number of hydrogen-bond acceptors (Lipinski definition) is 2. The summed E-state index contributed by atoms with van der Waals surface area (Å²) in [6, 6.07) is 5.45. The number of carbonyl (C=O) groups is 1. The lowest BCUT2D eigenvalue weighted by molar-refractivity contribution is 0.211. The number of amides is 2. The first-order chi connectivity index (χ1) is 7.75. The lowest BCUT2D eigenvalue weighted by Crippen LogP contribution is -2.33. The van der Waals surface area contributed by atoms with Gasteiger partial charge in [-0.1, -0.05) is 6.07 Å². The van der Waals surface area contributed by atoms with Gasteiger partial charge in [0, 0.05) is 18.4 Å². The number of rotatable bonds is 1. The highest BCUT2D eigenvalue weighted by Gasteiger charge is 2.14. The molecule has 1 aliphatic rings. The molecule has 4 nitrogen and oxygen atoms in total. The Morgan fingerprint density at radius 3 is 3.06 bits per heavy atom. The van der Waals surface area contributed by atoms with E-state index >= 15 is 0 Å². The van der Waals surface area contributed by atoms with Gasteiger partial charge in [0.15, 0.2) is 0 Å². The molecule has 0 spiro atoms. The van der Waals surface area contributed by atoms with Gasteiger partial charge in [0.2, 0.25) is 0 Å². The second-order valence-corrected chi connectivity index (χ2v) is 3.50. The molecule has 0 atom stereocenters. The topological polar surface area (TPSA) is 44.7 Å². The van der Waals surface area contributed by atoms with Crippen molar-refractivity contribution in [2.45, 2.75) is 12.8 Å². The summed E-state index contributed by atoms with van der Waals surface area (Å²) in [5.41, 5.74) is 0.436. The Hall–Kier alpha value is -1.91. The Kier molecular flexibility index (Phi) is 3.14. The van der Waals surface area contributed by atoms with E-state index in [1.165, 1.54) is 17.1 Å². The predicted molar refractivity (Wildman–Crippen MR) is 59.9 cm³/mol. The predicted octanol–water partition coefficient (Wildman–Crippen LogP) is 2.44. The van der Waals surface area contributed by atoms with E-state index in [1.807, 2.05) is 0 Å². The summed E-state index contributed by atoms with van der Waals surface area (Å²) in [6.45, 7) is 0.595. The molecule has 1 aromatic carbocycles. The molecule has 1 aromatic rings. The van der Waals surface area contributed by atoms with Crippen molar-refractivity contribution < 1.29 is 9.18 Å². The fourth-order valence-electron chi connectivity index (χ4n) is 1.45. The van der Waals surface area contributed by atoms with Crippen LogP contribution in [-0.4, -0.2) is 23.8 Å². The molecule has 0 unspecified atom stereocenters. The molecular weight excluding hydrogens is 209 g/mol. The SMILES string of the molecule is O=C(Nc1cccc(F)c1)N1CCCC=N1. The minimum atomic E-state index is -0.375. The van der Waals surface area contributed by atoms with Gasteiger partial charge in [0.1, 0.15) is 5.82 Å². The number of nitrogens with zero attached hydrogens (tertiary/aromatic N) is 2. The van der Waals surface area contributed by atoms with Crippen LogP contribution < -0.4 is 5.32 Å². The summed E-state index contributed by atoms with van der Waals surface area (Å²) in [5, 5.41) is 7.88. The fourth-order valence-corrected chi connectivity index (χ4v) is 1.45. The van der Waals surface area contributed by atoms with E-state index in [1.54, 1.807) is 18.3 Å². The summed E-state index contributed by atoms with van der Waals surface area (Å²) in [6.07, 6.45) is 3.50. The van der Waals surface area contributed by atoms with E-state index in [-0.39, 0.29) is 11.8 Å². The first-order valence-corrected chi connectivity index (χ1v) is 5.12. The number of hydrazone groups is 1. The van der Waals surface area contributed by atoms with Crippen LogP contribution in [-0.2, 0) is 0 Å². The quantitative estimate of drug-likeness (QED) is 0.777. The number of hydrogen-bond donors (Lipinski definition) is 1. The molecule has 0 aliphatic carbocycles. The van der Waals surface area contributed by atoms with Gasteiger partial charge in [-0.3, -0.25) is 0 Å². The standard InChI is InChI=1S/C11H12FN3O/c12-9-4-3-5-10(8-9)14-11(16)15-7-2-1-6-13-15/h3-6,8H,1-2,7H2,(H,14,16). The van der Waals surface area contributed by atoms with Crippen LogP contribution >= 0.6 is 0 Å². The molecular formula is C11H12FN3O. The first kappa shape index (κ1) is 10.6. The molecule has 84 valence electrons. The molecule has 1 heterocycles. The van der Waals surface area contributed by atoms with Gasteiger partial charge in [0.05, 0.1) is 0 Å². The first-order valence-electron chi connectivity index (χ1n) is 5.12. The van der Waals surface area contributed by atoms with E-state index < -0.39 is 0 Å². The summed E-state index contributed by atoms with van der Waals surface area (Å²) in [5.74, 6) is -0.375. The Bertz CT molecular complexity index is 419. The molecule has 2 amide bonds. The van der Waals surface area contributed by atoms with Gasteiger partial charge >= 0.3 is 6.03 Å². The van der Waals surface area contributed by atoms with Crippen LogP contribution in [0.1, 0.15) is 12.8 Å². The van der Waals surface area contributed by atoms with Crippen molar-refractivity contribution in [3.63, 3.8) is 0 Å². The van der Waals surface area contributed by atoms with Crippen molar-refractivity contribution in [1.29, 1.82) is 0 Å². The van der Waals surface area contributed by atoms with Crippen LogP contribution in [0, 0.1) is 5.82 Å². The van der Waals surface area contributed by atoms with Crippen molar-refractivity contribution in [1.82, 2.24) is 5.01 Å². The van der Waals surface area contributed by atoms with Crippen molar-refractivity contribution in [3.05, 3.63) is 30.1 Å². The lowest BCUT2D eigenvalue weighted by atomic mass is 10.3. The number of carbonyl (C=O) groups excluding carboxylic acids is 1. The number of halogens is 1. The molecule has 2 rings (SSSR count). The normalized spacial score (nSPS) is 14.9. The Balaban J connectivity index is 2.01. The van der Waals surface area contributed by atoms with Crippen molar-refractivity contribution in [3.8, 4) is 0 Å². The molecule has 0 radical (unpaired) electrons. The van der Waals surface area contributed by atoms with Gasteiger partial charge in [-0.2, -0.15) is 5.10 Å². The molecule has 0 saturated heterocycles. The highest BCUT2D eigenvalue weighted by Crippen LogP contribution is 2.11. The minimum absolute atomic E-state index is 0.332.